The van der Waals surface area contributed by atoms with Gasteiger partial charge < -0.3 is 14.4 Å². The van der Waals surface area contributed by atoms with Gasteiger partial charge in [-0.15, -0.1) is 0 Å². The summed E-state index contributed by atoms with van der Waals surface area (Å²) in [5.41, 5.74) is 2.65. The number of hydrogen-bond acceptors (Lipinski definition) is 5. The molecule has 0 radical (unpaired) electrons. The molecule has 158 valence electrons. The number of nitrogens with one attached hydrogen (secondary N) is 1. The molecule has 0 spiro atoms. The second kappa shape index (κ2) is 9.01. The van der Waals surface area contributed by atoms with Crippen LogP contribution in [-0.2, 0) is 24.4 Å². The largest absolute Gasteiger partial charge is 0.508 e. The van der Waals surface area contributed by atoms with E-state index in [0.717, 1.165) is 11.1 Å². The molecule has 2 aromatic carbocycles. The van der Waals surface area contributed by atoms with E-state index < -0.39 is 0 Å². The fourth-order valence-electron chi connectivity index (χ4n) is 3.30. The lowest BCUT2D eigenvalue weighted by Crippen LogP contribution is -2.33. The van der Waals surface area contributed by atoms with Gasteiger partial charge in [-0.05, 0) is 37.3 Å². The molecule has 31 heavy (non-hydrogen) atoms. The molecule has 0 aliphatic rings. The van der Waals surface area contributed by atoms with E-state index in [1.54, 1.807) is 40.0 Å². The third-order valence-corrected chi connectivity index (χ3v) is 5.31. The van der Waals surface area contributed by atoms with E-state index in [1.807, 2.05) is 43.3 Å². The van der Waals surface area contributed by atoms with Crippen molar-refractivity contribution in [1.82, 2.24) is 19.7 Å². The minimum absolute atomic E-state index is 0.00679. The summed E-state index contributed by atoms with van der Waals surface area (Å²) in [7, 11) is 0. The van der Waals surface area contributed by atoms with Crippen molar-refractivity contribution in [2.45, 2.75) is 26.6 Å². The van der Waals surface area contributed by atoms with Gasteiger partial charge in [0.15, 0.2) is 10.6 Å². The van der Waals surface area contributed by atoms with Crippen LogP contribution < -0.4 is 0 Å². The maximum absolute atomic E-state index is 13.3. The number of carbonyl (C=O) groups is 1. The number of aromatic hydroxyl groups is 1. The normalized spacial score (nSPS) is 10.9. The second-order valence-corrected chi connectivity index (χ2v) is 7.65. The summed E-state index contributed by atoms with van der Waals surface area (Å²) in [6.07, 6.45) is 1.57. The van der Waals surface area contributed by atoms with Gasteiger partial charge in [-0.1, -0.05) is 48.0 Å². The molecule has 2 heterocycles. The third-order valence-electron chi connectivity index (χ3n) is 4.99. The third kappa shape index (κ3) is 4.75. The van der Waals surface area contributed by atoms with Gasteiger partial charge in [0, 0.05) is 17.7 Å². The van der Waals surface area contributed by atoms with Gasteiger partial charge >= 0.3 is 0 Å². The Morgan fingerprint density at radius 2 is 1.90 bits per heavy atom. The lowest BCUT2D eigenvalue weighted by Gasteiger charge is -2.23. The van der Waals surface area contributed by atoms with E-state index >= 15 is 0 Å². The maximum atomic E-state index is 13.3. The first kappa shape index (κ1) is 20.6. The van der Waals surface area contributed by atoms with Crippen molar-refractivity contribution in [3.05, 3.63) is 88.6 Å². The number of hydrogen-bond donors (Lipinski definition) is 2. The van der Waals surface area contributed by atoms with Crippen molar-refractivity contribution in [2.75, 3.05) is 0 Å². The van der Waals surface area contributed by atoms with Crippen LogP contribution >= 0.6 is 12.2 Å². The molecule has 4 rings (SSSR count). The molecular weight excluding hydrogens is 412 g/mol. The number of aromatic amines is 1. The first-order valence-corrected chi connectivity index (χ1v) is 10.2. The first-order valence-electron chi connectivity index (χ1n) is 9.80. The number of carbonyl (C=O) groups excluding carboxylic acids is 1. The number of furan rings is 1. The zero-order chi connectivity index (χ0) is 21.8. The molecule has 2 aromatic heterocycles. The number of para-hydroxylation sites is 1. The summed E-state index contributed by atoms with van der Waals surface area (Å²) in [5.74, 6) is 1.21. The van der Waals surface area contributed by atoms with Crippen LogP contribution in [0.1, 0.15) is 16.9 Å². The summed E-state index contributed by atoms with van der Waals surface area (Å²) in [5, 5.41) is 17.3. The predicted molar refractivity (Wildman–Crippen MR) is 119 cm³/mol. The number of aromatic nitrogens is 3. The molecule has 4 aromatic rings. The molecule has 0 atom stereocenters. The summed E-state index contributed by atoms with van der Waals surface area (Å²) in [6, 6.07) is 18.4. The number of benzene rings is 2. The highest BCUT2D eigenvalue weighted by atomic mass is 32.1. The van der Waals surface area contributed by atoms with E-state index in [4.69, 9.17) is 16.6 Å². The van der Waals surface area contributed by atoms with Gasteiger partial charge in [0.25, 0.3) is 0 Å². The molecule has 0 aliphatic heterocycles. The van der Waals surface area contributed by atoms with Crippen molar-refractivity contribution in [1.29, 1.82) is 0 Å². The summed E-state index contributed by atoms with van der Waals surface area (Å²) >= 11 is 5.39. The smallest absolute Gasteiger partial charge is 0.243 e. The number of nitrogens with zero attached hydrogens (tertiary/aromatic N) is 3. The molecular formula is C23H22N4O3S. The SMILES string of the molecule is Cc1ccc(-c2n[nH]c(=S)n2CC(=O)N(Cc2ccco2)Cc2ccccc2O)cc1. The number of phenolic OH excluding ortho intramolecular Hbond substituents is 1. The summed E-state index contributed by atoms with van der Waals surface area (Å²) < 4.78 is 7.49. The molecule has 0 aliphatic carbocycles. The number of H-pyrrole nitrogens is 1. The Kier molecular flexibility index (Phi) is 5.99. The summed E-state index contributed by atoms with van der Waals surface area (Å²) in [4.78, 5) is 15.0. The zero-order valence-electron chi connectivity index (χ0n) is 17.0. The molecule has 7 nitrogen and oxygen atoms in total. The van der Waals surface area contributed by atoms with Crippen LogP contribution in [-0.4, -0.2) is 30.7 Å². The molecule has 0 fully saturated rings. The van der Waals surface area contributed by atoms with Crippen molar-refractivity contribution >= 4 is 18.1 Å². The van der Waals surface area contributed by atoms with Crippen molar-refractivity contribution in [2.24, 2.45) is 0 Å². The van der Waals surface area contributed by atoms with Crippen LogP contribution in [0.5, 0.6) is 5.75 Å². The molecule has 0 unspecified atom stereocenters. The van der Waals surface area contributed by atoms with Crippen molar-refractivity contribution < 1.29 is 14.3 Å². The highest BCUT2D eigenvalue weighted by Crippen LogP contribution is 2.21. The average Bonchev–Trinajstić information content (AvgIpc) is 3.40. The Morgan fingerprint density at radius 1 is 1.13 bits per heavy atom. The van der Waals surface area contributed by atoms with Crippen molar-refractivity contribution in [3.8, 4) is 17.1 Å². The van der Waals surface area contributed by atoms with E-state index in [0.29, 0.717) is 21.9 Å². The first-order chi connectivity index (χ1) is 15.0. The molecule has 1 amide bonds. The number of aryl methyl sites for hydroxylation is 1. The van der Waals surface area contributed by atoms with E-state index in [1.165, 1.54) is 0 Å². The Hall–Kier alpha value is -3.65. The molecule has 2 N–H and O–H groups in total. The predicted octanol–water partition coefficient (Wildman–Crippen LogP) is 4.44. The van der Waals surface area contributed by atoms with Crippen LogP contribution in [0, 0.1) is 11.7 Å². The summed E-state index contributed by atoms with van der Waals surface area (Å²) in [6.45, 7) is 2.52. The van der Waals surface area contributed by atoms with E-state index in [2.05, 4.69) is 10.2 Å². The Balaban J connectivity index is 1.62. The van der Waals surface area contributed by atoms with Crippen LogP contribution in [0.2, 0.25) is 0 Å². The van der Waals surface area contributed by atoms with Crippen LogP contribution in [0.25, 0.3) is 11.4 Å². The lowest BCUT2D eigenvalue weighted by atomic mass is 10.1. The van der Waals surface area contributed by atoms with E-state index in [9.17, 15) is 9.90 Å². The molecule has 0 saturated heterocycles. The quantitative estimate of drug-likeness (QED) is 0.420. The second-order valence-electron chi connectivity index (χ2n) is 7.26. The highest BCUT2D eigenvalue weighted by molar-refractivity contribution is 7.71. The highest BCUT2D eigenvalue weighted by Gasteiger charge is 2.20. The molecule has 0 bridgehead atoms. The van der Waals surface area contributed by atoms with Gasteiger partial charge in [0.1, 0.15) is 18.1 Å². The van der Waals surface area contributed by atoms with Gasteiger partial charge in [-0.2, -0.15) is 5.10 Å². The van der Waals surface area contributed by atoms with Gasteiger partial charge in [-0.25, -0.2) is 0 Å². The van der Waals surface area contributed by atoms with E-state index in [-0.39, 0.29) is 31.3 Å². The standard InChI is InChI=1S/C23H22N4O3S/c1-16-8-10-17(11-9-16)22-24-25-23(31)27(22)15-21(29)26(14-19-6-4-12-30-19)13-18-5-2-3-7-20(18)28/h2-12,28H,13-15H2,1H3,(H,25,31). The Bertz CT molecular complexity index is 1230. The zero-order valence-corrected chi connectivity index (χ0v) is 17.8. The Labute approximate surface area is 184 Å². The minimum Gasteiger partial charge on any atom is -0.508 e. The maximum Gasteiger partial charge on any atom is 0.243 e. The Morgan fingerprint density at radius 3 is 2.61 bits per heavy atom. The lowest BCUT2D eigenvalue weighted by molar-refractivity contribution is -0.133. The minimum atomic E-state index is -0.175. The number of phenols is 1. The van der Waals surface area contributed by atoms with Crippen LogP contribution in [0.15, 0.2) is 71.3 Å². The molecule has 8 heteroatoms. The van der Waals surface area contributed by atoms with Gasteiger partial charge in [-0.3, -0.25) is 14.5 Å². The van der Waals surface area contributed by atoms with Crippen LogP contribution in [0.3, 0.4) is 0 Å². The fourth-order valence-corrected chi connectivity index (χ4v) is 3.49. The van der Waals surface area contributed by atoms with Crippen LogP contribution in [0.4, 0.5) is 0 Å². The fraction of sp³-hybridized carbons (Fsp3) is 0.174. The number of rotatable bonds is 7. The number of amides is 1. The topological polar surface area (TPSA) is 87.3 Å². The van der Waals surface area contributed by atoms with Crippen molar-refractivity contribution in [3.63, 3.8) is 0 Å². The monoisotopic (exact) mass is 434 g/mol. The molecule has 0 saturated carbocycles. The average molecular weight is 435 g/mol. The van der Waals surface area contributed by atoms with Gasteiger partial charge in [0.05, 0.1) is 12.8 Å². The van der Waals surface area contributed by atoms with Gasteiger partial charge in [0.2, 0.25) is 5.91 Å².